The van der Waals surface area contributed by atoms with Crippen LogP contribution < -0.4 is 16.6 Å². The number of hydrogen-bond donors (Lipinski definition) is 2. The number of nitrogens with zero attached hydrogens (tertiary/aromatic N) is 1. The fraction of sp³-hybridized carbons (Fsp3) is 0.435. The molecule has 30 heavy (non-hydrogen) atoms. The van der Waals surface area contributed by atoms with Crippen LogP contribution >= 0.6 is 11.3 Å². The van der Waals surface area contributed by atoms with Crippen LogP contribution in [0.1, 0.15) is 44.1 Å². The van der Waals surface area contributed by atoms with Gasteiger partial charge in [0.25, 0.3) is 5.56 Å². The Hall–Kier alpha value is -2.67. The van der Waals surface area contributed by atoms with Crippen LogP contribution in [0.3, 0.4) is 0 Å². The van der Waals surface area contributed by atoms with Crippen molar-refractivity contribution in [2.45, 2.75) is 45.1 Å². The largest absolute Gasteiger partial charge is 0.355 e. The summed E-state index contributed by atoms with van der Waals surface area (Å²) in [4.78, 5) is 40.3. The summed E-state index contributed by atoms with van der Waals surface area (Å²) in [5.74, 6) is 0.649. The van der Waals surface area contributed by atoms with Gasteiger partial charge >= 0.3 is 5.69 Å². The van der Waals surface area contributed by atoms with E-state index in [9.17, 15) is 14.4 Å². The van der Waals surface area contributed by atoms with Gasteiger partial charge in [0.1, 0.15) is 4.70 Å². The zero-order valence-corrected chi connectivity index (χ0v) is 17.9. The van der Waals surface area contributed by atoms with Gasteiger partial charge < -0.3 is 10.3 Å². The number of carbonyl (C=O) groups is 1. The Bertz CT molecular complexity index is 1120. The summed E-state index contributed by atoms with van der Waals surface area (Å²) in [5, 5.41) is 4.92. The highest BCUT2D eigenvalue weighted by Gasteiger charge is 2.27. The molecular formula is C23H27N3O3S. The van der Waals surface area contributed by atoms with Crippen molar-refractivity contribution < 1.29 is 4.79 Å². The topological polar surface area (TPSA) is 84.0 Å². The van der Waals surface area contributed by atoms with E-state index in [1.165, 1.54) is 21.5 Å². The lowest BCUT2D eigenvalue weighted by molar-refractivity contribution is -0.126. The van der Waals surface area contributed by atoms with Crippen molar-refractivity contribution in [2.24, 2.45) is 11.8 Å². The molecule has 1 aliphatic rings. The van der Waals surface area contributed by atoms with Crippen LogP contribution in [0.25, 0.3) is 10.2 Å². The average Bonchev–Trinajstić information content (AvgIpc) is 3.24. The second-order valence-electron chi connectivity index (χ2n) is 8.28. The SMILES string of the molecule is C[C@H](CNC(=O)C1CCC(Cn2c(=O)[nH]c3ccsc3c2=O)CC1)c1ccccc1. The van der Waals surface area contributed by atoms with Crippen LogP contribution in [0, 0.1) is 11.8 Å². The number of fused-ring (bicyclic) bond motifs is 1. The third-order valence-corrected chi connectivity index (χ3v) is 7.10. The van der Waals surface area contributed by atoms with E-state index in [0.29, 0.717) is 23.3 Å². The number of aromatic nitrogens is 2. The normalized spacial score (nSPS) is 20.2. The zero-order chi connectivity index (χ0) is 21.1. The van der Waals surface area contributed by atoms with Crippen LogP contribution in [-0.4, -0.2) is 22.0 Å². The predicted octanol–water partition coefficient (Wildman–Crippen LogP) is 3.48. The van der Waals surface area contributed by atoms with Crippen molar-refractivity contribution >= 4 is 27.5 Å². The number of rotatable bonds is 6. The molecule has 7 heteroatoms. The lowest BCUT2D eigenvalue weighted by Crippen LogP contribution is -2.39. The number of thiophene rings is 1. The summed E-state index contributed by atoms with van der Waals surface area (Å²) >= 11 is 1.35. The van der Waals surface area contributed by atoms with E-state index in [0.717, 1.165) is 25.7 Å². The average molecular weight is 426 g/mol. The third kappa shape index (κ3) is 4.41. The van der Waals surface area contributed by atoms with Crippen molar-refractivity contribution in [1.82, 2.24) is 14.9 Å². The van der Waals surface area contributed by atoms with Gasteiger partial charge in [-0.05, 0) is 54.5 Å². The molecule has 158 valence electrons. The molecule has 0 unspecified atom stereocenters. The van der Waals surface area contributed by atoms with E-state index in [2.05, 4.69) is 29.4 Å². The summed E-state index contributed by atoms with van der Waals surface area (Å²) in [6, 6.07) is 11.9. The lowest BCUT2D eigenvalue weighted by Gasteiger charge is -2.28. The lowest BCUT2D eigenvalue weighted by atomic mass is 9.81. The van der Waals surface area contributed by atoms with E-state index in [-0.39, 0.29) is 34.9 Å². The number of carbonyl (C=O) groups excluding carboxylic acids is 1. The van der Waals surface area contributed by atoms with Crippen LogP contribution in [0.5, 0.6) is 0 Å². The second kappa shape index (κ2) is 9.00. The van der Waals surface area contributed by atoms with Gasteiger partial charge in [-0.2, -0.15) is 0 Å². The molecule has 0 aliphatic heterocycles. The Labute approximate surface area is 179 Å². The minimum absolute atomic E-state index is 0.0130. The van der Waals surface area contributed by atoms with Gasteiger partial charge in [-0.25, -0.2) is 4.79 Å². The highest BCUT2D eigenvalue weighted by molar-refractivity contribution is 7.17. The molecule has 0 spiro atoms. The first kappa shape index (κ1) is 20.6. The first-order valence-electron chi connectivity index (χ1n) is 10.6. The Morgan fingerprint density at radius 3 is 2.63 bits per heavy atom. The molecule has 1 saturated carbocycles. The maximum Gasteiger partial charge on any atom is 0.328 e. The van der Waals surface area contributed by atoms with Gasteiger partial charge in [0, 0.05) is 19.0 Å². The van der Waals surface area contributed by atoms with Crippen LogP contribution in [0.4, 0.5) is 0 Å². The highest BCUT2D eigenvalue weighted by Crippen LogP contribution is 2.30. The van der Waals surface area contributed by atoms with E-state index in [4.69, 9.17) is 0 Å². The molecule has 6 nitrogen and oxygen atoms in total. The first-order chi connectivity index (χ1) is 14.5. The van der Waals surface area contributed by atoms with Crippen LogP contribution in [0.15, 0.2) is 51.4 Å². The summed E-state index contributed by atoms with van der Waals surface area (Å²) in [6.07, 6.45) is 3.29. The highest BCUT2D eigenvalue weighted by atomic mass is 32.1. The molecule has 3 aromatic rings. The second-order valence-corrected chi connectivity index (χ2v) is 9.20. The van der Waals surface area contributed by atoms with Crippen LogP contribution in [-0.2, 0) is 11.3 Å². The fourth-order valence-corrected chi connectivity index (χ4v) is 5.10. The molecule has 2 N–H and O–H groups in total. The standard InChI is InChI=1S/C23H27N3O3S/c1-15(17-5-3-2-4-6-17)13-24-21(27)18-9-7-16(8-10-18)14-26-22(28)20-19(11-12-30-20)25-23(26)29/h2-6,11-12,15-16,18H,7-10,13-14H2,1H3,(H,24,27)(H,25,29)/t15-,16?,18?/m1/s1. The zero-order valence-electron chi connectivity index (χ0n) is 17.1. The van der Waals surface area contributed by atoms with Crippen molar-refractivity contribution in [2.75, 3.05) is 6.54 Å². The number of amides is 1. The van der Waals surface area contributed by atoms with Gasteiger partial charge in [-0.3, -0.25) is 14.2 Å². The number of nitrogens with one attached hydrogen (secondary N) is 2. The molecule has 2 aromatic heterocycles. The molecule has 1 amide bonds. The number of H-pyrrole nitrogens is 1. The minimum Gasteiger partial charge on any atom is -0.355 e. The molecule has 1 aromatic carbocycles. The Kier molecular flexibility index (Phi) is 6.18. The maximum atomic E-state index is 12.6. The molecule has 2 heterocycles. The molecule has 1 fully saturated rings. The molecule has 0 radical (unpaired) electrons. The predicted molar refractivity (Wildman–Crippen MR) is 120 cm³/mol. The molecule has 1 atom stereocenters. The molecule has 0 bridgehead atoms. The van der Waals surface area contributed by atoms with Gasteiger partial charge in [0.05, 0.1) is 5.52 Å². The molecule has 4 rings (SSSR count). The van der Waals surface area contributed by atoms with Crippen LogP contribution in [0.2, 0.25) is 0 Å². The summed E-state index contributed by atoms with van der Waals surface area (Å²) in [7, 11) is 0. The number of aromatic amines is 1. The quantitative estimate of drug-likeness (QED) is 0.634. The minimum atomic E-state index is -0.347. The van der Waals surface area contributed by atoms with Crippen molar-refractivity contribution in [3.63, 3.8) is 0 Å². The summed E-state index contributed by atoms with van der Waals surface area (Å²) in [6.45, 7) is 3.17. The smallest absolute Gasteiger partial charge is 0.328 e. The fourth-order valence-electron chi connectivity index (χ4n) is 4.30. The van der Waals surface area contributed by atoms with E-state index in [1.807, 2.05) is 23.6 Å². The number of hydrogen-bond acceptors (Lipinski definition) is 4. The van der Waals surface area contributed by atoms with Gasteiger partial charge in [-0.1, -0.05) is 37.3 Å². The van der Waals surface area contributed by atoms with Gasteiger partial charge in [0.15, 0.2) is 0 Å². The Balaban J connectivity index is 1.30. The number of benzene rings is 1. The third-order valence-electron chi connectivity index (χ3n) is 6.20. The Morgan fingerprint density at radius 2 is 1.90 bits per heavy atom. The van der Waals surface area contributed by atoms with Gasteiger partial charge in [0.2, 0.25) is 5.91 Å². The summed E-state index contributed by atoms with van der Waals surface area (Å²) in [5.41, 5.74) is 1.27. The molecular weight excluding hydrogens is 398 g/mol. The van der Waals surface area contributed by atoms with Crippen molar-refractivity contribution in [3.05, 3.63) is 68.2 Å². The molecule has 0 saturated heterocycles. The van der Waals surface area contributed by atoms with E-state index < -0.39 is 0 Å². The van der Waals surface area contributed by atoms with E-state index in [1.54, 1.807) is 6.07 Å². The molecule has 1 aliphatic carbocycles. The van der Waals surface area contributed by atoms with Crippen molar-refractivity contribution in [1.29, 1.82) is 0 Å². The first-order valence-corrected chi connectivity index (χ1v) is 11.4. The summed E-state index contributed by atoms with van der Waals surface area (Å²) < 4.78 is 1.92. The van der Waals surface area contributed by atoms with Gasteiger partial charge in [-0.15, -0.1) is 11.3 Å². The van der Waals surface area contributed by atoms with Crippen molar-refractivity contribution in [3.8, 4) is 0 Å². The Morgan fingerprint density at radius 1 is 1.17 bits per heavy atom. The maximum absolute atomic E-state index is 12.6. The monoisotopic (exact) mass is 425 g/mol. The van der Waals surface area contributed by atoms with E-state index >= 15 is 0 Å².